The maximum absolute atomic E-state index is 13.1. The van der Waals surface area contributed by atoms with E-state index in [1.165, 1.54) is 205 Å². The van der Waals surface area contributed by atoms with Crippen LogP contribution in [0.5, 0.6) is 0 Å². The van der Waals surface area contributed by atoms with Gasteiger partial charge in [0.15, 0.2) is 12.2 Å². The third-order valence-corrected chi connectivity index (χ3v) is 19.4. The molecule has 0 fully saturated rings. The van der Waals surface area contributed by atoms with E-state index in [0.29, 0.717) is 25.7 Å². The van der Waals surface area contributed by atoms with E-state index in [-0.39, 0.29) is 25.7 Å². The Bertz CT molecular complexity index is 1820. The summed E-state index contributed by atoms with van der Waals surface area (Å²) < 4.78 is 68.5. The monoisotopic (exact) mass is 1380 g/mol. The number of carbonyl (C=O) groups is 4. The van der Waals surface area contributed by atoms with E-state index in [2.05, 4.69) is 41.5 Å². The van der Waals surface area contributed by atoms with E-state index in [9.17, 15) is 43.2 Å². The van der Waals surface area contributed by atoms with Gasteiger partial charge in [-0.2, -0.15) is 0 Å². The van der Waals surface area contributed by atoms with Gasteiger partial charge in [0.1, 0.15) is 19.3 Å². The van der Waals surface area contributed by atoms with Gasteiger partial charge in [-0.05, 0) is 37.5 Å². The zero-order valence-corrected chi connectivity index (χ0v) is 63.1. The summed E-state index contributed by atoms with van der Waals surface area (Å²) in [6.07, 6.45) is 54.0. The minimum absolute atomic E-state index is 0.106. The van der Waals surface area contributed by atoms with Crippen LogP contribution in [0.3, 0.4) is 0 Å². The Labute approximate surface area is 575 Å². The smallest absolute Gasteiger partial charge is 0.462 e. The van der Waals surface area contributed by atoms with Crippen LogP contribution in [0.2, 0.25) is 0 Å². The second-order valence-electron chi connectivity index (χ2n) is 28.0. The summed E-state index contributed by atoms with van der Waals surface area (Å²) in [6, 6.07) is 0. The Kier molecular flexibility index (Phi) is 65.5. The summed E-state index contributed by atoms with van der Waals surface area (Å²) in [5.41, 5.74) is 0. The summed E-state index contributed by atoms with van der Waals surface area (Å²) >= 11 is 0. The molecule has 5 atom stereocenters. The highest BCUT2D eigenvalue weighted by molar-refractivity contribution is 7.47. The van der Waals surface area contributed by atoms with Crippen molar-refractivity contribution in [3.8, 4) is 0 Å². The number of aliphatic hydroxyl groups is 1. The van der Waals surface area contributed by atoms with Crippen molar-refractivity contribution in [2.75, 3.05) is 39.6 Å². The number of carbonyl (C=O) groups excluding carboxylic acids is 4. The first kappa shape index (κ1) is 92.1. The Morgan fingerprint density at radius 2 is 0.489 bits per heavy atom. The number of ether oxygens (including phenoxy) is 4. The predicted molar refractivity (Wildman–Crippen MR) is 381 cm³/mol. The summed E-state index contributed by atoms with van der Waals surface area (Å²) in [6.45, 7) is 9.57. The van der Waals surface area contributed by atoms with Crippen LogP contribution in [0.15, 0.2) is 0 Å². The number of phosphoric acid groups is 2. The molecule has 0 aromatic carbocycles. The number of hydrogen-bond acceptors (Lipinski definition) is 15. The fraction of sp³-hybridized carbons (Fsp3) is 0.947. The lowest BCUT2D eigenvalue weighted by Gasteiger charge is -2.21. The number of hydrogen-bond donors (Lipinski definition) is 3. The Morgan fingerprint density at radius 3 is 0.723 bits per heavy atom. The second-order valence-corrected chi connectivity index (χ2v) is 30.9. The lowest BCUT2D eigenvalue weighted by atomic mass is 10.0. The summed E-state index contributed by atoms with van der Waals surface area (Å²) in [5.74, 6) is -0.606. The van der Waals surface area contributed by atoms with Crippen molar-refractivity contribution in [1.82, 2.24) is 0 Å². The van der Waals surface area contributed by atoms with Crippen LogP contribution in [-0.2, 0) is 65.4 Å². The van der Waals surface area contributed by atoms with Crippen LogP contribution in [-0.4, -0.2) is 96.7 Å². The van der Waals surface area contributed by atoms with Gasteiger partial charge in [0.05, 0.1) is 26.4 Å². The van der Waals surface area contributed by atoms with Crippen LogP contribution in [0.1, 0.15) is 388 Å². The molecule has 0 aromatic heterocycles. The van der Waals surface area contributed by atoms with E-state index < -0.39 is 97.5 Å². The maximum atomic E-state index is 13.1. The molecule has 0 bridgehead atoms. The lowest BCUT2D eigenvalue weighted by molar-refractivity contribution is -0.161. The summed E-state index contributed by atoms with van der Waals surface area (Å²) in [5, 5.41) is 10.6. The van der Waals surface area contributed by atoms with Gasteiger partial charge in [0.25, 0.3) is 0 Å². The van der Waals surface area contributed by atoms with Crippen LogP contribution in [0.4, 0.5) is 0 Å². The molecule has 19 heteroatoms. The van der Waals surface area contributed by atoms with Crippen molar-refractivity contribution in [1.29, 1.82) is 0 Å². The number of aliphatic hydroxyl groups excluding tert-OH is 1. The molecule has 0 amide bonds. The Morgan fingerprint density at radius 1 is 0.287 bits per heavy atom. The van der Waals surface area contributed by atoms with Gasteiger partial charge in [-0.15, -0.1) is 0 Å². The van der Waals surface area contributed by atoms with Crippen LogP contribution in [0.25, 0.3) is 0 Å². The van der Waals surface area contributed by atoms with E-state index in [4.69, 9.17) is 37.0 Å². The molecular formula is C75H146O17P2. The van der Waals surface area contributed by atoms with E-state index in [1.54, 1.807) is 0 Å². The first-order valence-corrected chi connectivity index (χ1v) is 42.0. The highest BCUT2D eigenvalue weighted by Crippen LogP contribution is 2.45. The van der Waals surface area contributed by atoms with Gasteiger partial charge in [-0.3, -0.25) is 37.3 Å². The summed E-state index contributed by atoms with van der Waals surface area (Å²) in [7, 11) is -9.91. The fourth-order valence-corrected chi connectivity index (χ4v) is 13.1. The zero-order valence-electron chi connectivity index (χ0n) is 61.3. The van der Waals surface area contributed by atoms with E-state index in [1.807, 2.05) is 0 Å². The van der Waals surface area contributed by atoms with Crippen molar-refractivity contribution in [2.45, 2.75) is 407 Å². The zero-order chi connectivity index (χ0) is 69.3. The molecule has 558 valence electrons. The maximum Gasteiger partial charge on any atom is 0.472 e. The van der Waals surface area contributed by atoms with Crippen molar-refractivity contribution < 1.29 is 80.2 Å². The third kappa shape index (κ3) is 68.6. The van der Waals surface area contributed by atoms with Gasteiger partial charge in [-0.1, -0.05) is 337 Å². The standard InChI is InChI=1S/C75H146O17P2/c1-7-9-11-13-15-17-19-20-21-22-23-24-25-26-35-41-47-53-59-74(79)91-71(64-86-73(78)58-52-46-40-34-29-27-31-37-43-49-55-67(3)4)66-90-94(83,84)88-62-69(76)61-87-93(81,82)89-65-70(63-85-72(77)57-51-45-39-33-18-16-14-12-10-8-2)92-75(80)60-54-48-42-36-30-28-32-38-44-50-56-68(5)6/h67-71,76H,7-66H2,1-6H3,(H,81,82)(H,83,84)/t69-,70+,71+/m0/s1. The molecule has 17 nitrogen and oxygen atoms in total. The van der Waals surface area contributed by atoms with Gasteiger partial charge in [0.2, 0.25) is 0 Å². The molecule has 2 unspecified atom stereocenters. The SMILES string of the molecule is CCCCCCCCCCCCCCCCCCCCC(=O)O[C@H](COC(=O)CCCCCCCCCCCCC(C)C)COP(=O)(O)OC[C@@H](O)COP(=O)(O)OC[C@@H](COC(=O)CCCCCCCCCCCC)OC(=O)CCCCCCCCCCCCC(C)C. The first-order chi connectivity index (χ1) is 45.4. The van der Waals surface area contributed by atoms with Crippen LogP contribution < -0.4 is 0 Å². The lowest BCUT2D eigenvalue weighted by Crippen LogP contribution is -2.30. The van der Waals surface area contributed by atoms with Gasteiger partial charge >= 0.3 is 39.5 Å². The highest BCUT2D eigenvalue weighted by atomic mass is 31.2. The molecule has 0 heterocycles. The van der Waals surface area contributed by atoms with Crippen molar-refractivity contribution in [2.24, 2.45) is 11.8 Å². The number of phosphoric ester groups is 2. The quantitative estimate of drug-likeness (QED) is 0.0222. The van der Waals surface area contributed by atoms with Crippen molar-refractivity contribution in [3.63, 3.8) is 0 Å². The molecule has 0 radical (unpaired) electrons. The van der Waals surface area contributed by atoms with Crippen LogP contribution >= 0.6 is 15.6 Å². The van der Waals surface area contributed by atoms with Crippen molar-refractivity contribution >= 4 is 39.5 Å². The molecule has 3 N–H and O–H groups in total. The minimum Gasteiger partial charge on any atom is -0.462 e. The van der Waals surface area contributed by atoms with Gasteiger partial charge < -0.3 is 33.8 Å². The molecule has 0 saturated carbocycles. The largest absolute Gasteiger partial charge is 0.472 e. The third-order valence-electron chi connectivity index (χ3n) is 17.5. The summed E-state index contributed by atoms with van der Waals surface area (Å²) in [4.78, 5) is 72.8. The average molecular weight is 1380 g/mol. The number of esters is 4. The fourth-order valence-electron chi connectivity index (χ4n) is 11.5. The molecule has 94 heavy (non-hydrogen) atoms. The van der Waals surface area contributed by atoms with E-state index >= 15 is 0 Å². The van der Waals surface area contributed by atoms with E-state index in [0.717, 1.165) is 102 Å². The van der Waals surface area contributed by atoms with Crippen molar-refractivity contribution in [3.05, 3.63) is 0 Å². The average Bonchev–Trinajstić information content (AvgIpc) is 1.69. The predicted octanol–water partition coefficient (Wildman–Crippen LogP) is 21.9. The second kappa shape index (κ2) is 66.9. The molecular weight excluding hydrogens is 1230 g/mol. The van der Waals surface area contributed by atoms with Crippen LogP contribution in [0, 0.1) is 11.8 Å². The topological polar surface area (TPSA) is 237 Å². The minimum atomic E-state index is -4.96. The molecule has 0 spiro atoms. The number of unbranched alkanes of at least 4 members (excludes halogenated alkanes) is 44. The Balaban J connectivity index is 5.24. The molecule has 0 aliphatic heterocycles. The van der Waals surface area contributed by atoms with Gasteiger partial charge in [0, 0.05) is 25.7 Å². The highest BCUT2D eigenvalue weighted by Gasteiger charge is 2.30. The molecule has 0 aliphatic carbocycles. The normalized spacial score (nSPS) is 14.0. The molecule has 0 saturated heterocycles. The molecule has 0 aromatic rings. The first-order valence-electron chi connectivity index (χ1n) is 39.0. The van der Waals surface area contributed by atoms with Gasteiger partial charge in [-0.25, -0.2) is 9.13 Å². The number of rotatable bonds is 74. The molecule has 0 rings (SSSR count). The Hall–Kier alpha value is -1.94. The molecule has 0 aliphatic rings.